The Labute approximate surface area is 248 Å². The third kappa shape index (κ3) is 12.2. The zero-order valence-electron chi connectivity index (χ0n) is 21.0. The minimum Gasteiger partial charge on any atom is -0.777 e. The first-order valence-corrected chi connectivity index (χ1v) is 11.6. The second-order valence-electron chi connectivity index (χ2n) is 8.93. The van der Waals surface area contributed by atoms with Gasteiger partial charge >= 0.3 is 58.2 Å². The van der Waals surface area contributed by atoms with Gasteiger partial charge in [-0.1, -0.05) is 60.5 Å². The molecule has 1 rings (SSSR count). The molecule has 0 saturated heterocycles. The SMILES string of the molecule is C=C([S-])/C(F)=C(/F)C(=C)C(C)CCC(C)C.CCCCC(C)C1=C(F)C(F)=C(C)CC1.[Rb+]. The Bertz CT molecular complexity index is 719. The van der Waals surface area contributed by atoms with Crippen LogP contribution >= 0.6 is 0 Å². The summed E-state index contributed by atoms with van der Waals surface area (Å²) in [5, 5.41) is 0. The van der Waals surface area contributed by atoms with Crippen molar-refractivity contribution in [2.45, 2.75) is 86.5 Å². The number of halogens is 4. The van der Waals surface area contributed by atoms with Gasteiger partial charge in [0.25, 0.3) is 0 Å². The van der Waals surface area contributed by atoms with Crippen LogP contribution in [0.3, 0.4) is 0 Å². The first-order valence-electron chi connectivity index (χ1n) is 11.2. The second-order valence-corrected chi connectivity index (χ2v) is 9.42. The van der Waals surface area contributed by atoms with Gasteiger partial charge < -0.3 is 12.6 Å². The monoisotopic (exact) mass is 544 g/mol. The minimum absolute atomic E-state index is 0. The molecular formula is C26H39F4RbS. The molecule has 0 aromatic heterocycles. The third-order valence-corrected chi connectivity index (χ3v) is 5.87. The summed E-state index contributed by atoms with van der Waals surface area (Å²) in [4.78, 5) is -0.310. The Morgan fingerprint density at radius 1 is 0.938 bits per heavy atom. The molecule has 0 fully saturated rings. The van der Waals surface area contributed by atoms with Gasteiger partial charge in [-0.3, -0.25) is 0 Å². The van der Waals surface area contributed by atoms with Crippen molar-refractivity contribution in [2.24, 2.45) is 17.8 Å². The molecule has 2 atom stereocenters. The van der Waals surface area contributed by atoms with Crippen LogP contribution in [0.2, 0.25) is 0 Å². The summed E-state index contributed by atoms with van der Waals surface area (Å²) in [5.41, 5.74) is 1.41. The molecule has 1 aliphatic carbocycles. The van der Waals surface area contributed by atoms with Gasteiger partial charge in [0.05, 0.1) is 0 Å². The van der Waals surface area contributed by atoms with Gasteiger partial charge in [0.2, 0.25) is 0 Å². The average Bonchev–Trinajstić information content (AvgIpc) is 2.72. The van der Waals surface area contributed by atoms with Gasteiger partial charge in [-0.25, -0.2) is 17.6 Å². The molecule has 6 heteroatoms. The molecule has 0 aromatic rings. The second kappa shape index (κ2) is 17.8. The molecule has 0 aromatic carbocycles. The van der Waals surface area contributed by atoms with Gasteiger partial charge in [-0.05, 0) is 67.1 Å². The van der Waals surface area contributed by atoms with Gasteiger partial charge in [0.15, 0.2) is 17.5 Å². The van der Waals surface area contributed by atoms with Crippen LogP contribution in [0.15, 0.2) is 58.1 Å². The van der Waals surface area contributed by atoms with E-state index < -0.39 is 23.3 Å². The first kappa shape index (κ1) is 34.6. The average molecular weight is 545 g/mol. The van der Waals surface area contributed by atoms with E-state index in [1.165, 1.54) is 0 Å². The van der Waals surface area contributed by atoms with Crippen molar-refractivity contribution in [1.82, 2.24) is 0 Å². The quantitative estimate of drug-likeness (QED) is 0.164. The molecule has 0 nitrogen and oxygen atoms in total. The molecule has 0 saturated carbocycles. The number of hydrogen-bond acceptors (Lipinski definition) is 1. The summed E-state index contributed by atoms with van der Waals surface area (Å²) in [7, 11) is 0. The van der Waals surface area contributed by atoms with E-state index in [0.29, 0.717) is 29.9 Å². The molecule has 0 radical (unpaired) electrons. The first-order chi connectivity index (χ1) is 14.3. The standard InChI is InChI=1S/C13H20F2S.C13H20F2.Rb/c1-8(2)6-7-9(3)10(4)12(14)13(15)11(5)16;1-4-5-6-9(2)11-8-7-10(3)12(14)13(11)15;/h8-9,16H,4-7H2,1-3H3;9H,4-8H2,1-3H3;/q;;+1/p-1/b13-12-;;. The Kier molecular flexibility index (Phi) is 19.3. The molecule has 2 unspecified atom stereocenters. The van der Waals surface area contributed by atoms with Crippen LogP contribution < -0.4 is 58.2 Å². The molecule has 0 N–H and O–H groups in total. The van der Waals surface area contributed by atoms with Crippen LogP contribution in [-0.4, -0.2) is 0 Å². The van der Waals surface area contributed by atoms with E-state index in [0.717, 1.165) is 32.1 Å². The zero-order chi connectivity index (χ0) is 24.3. The smallest absolute Gasteiger partial charge is 0.777 e. The molecule has 178 valence electrons. The van der Waals surface area contributed by atoms with E-state index in [1.54, 1.807) is 6.92 Å². The van der Waals surface area contributed by atoms with Crippen molar-refractivity contribution in [3.63, 3.8) is 0 Å². The fourth-order valence-electron chi connectivity index (χ4n) is 3.25. The van der Waals surface area contributed by atoms with E-state index in [1.807, 2.05) is 13.8 Å². The van der Waals surface area contributed by atoms with E-state index in [4.69, 9.17) is 0 Å². The predicted octanol–water partition coefficient (Wildman–Crippen LogP) is 6.90. The fourth-order valence-corrected chi connectivity index (χ4v) is 3.34. The molecule has 0 amide bonds. The maximum atomic E-state index is 13.6. The van der Waals surface area contributed by atoms with Crippen LogP contribution in [0.5, 0.6) is 0 Å². The molecular weight excluding hydrogens is 506 g/mol. The van der Waals surface area contributed by atoms with Crippen LogP contribution in [0.25, 0.3) is 0 Å². The predicted molar refractivity (Wildman–Crippen MR) is 128 cm³/mol. The van der Waals surface area contributed by atoms with Crippen molar-refractivity contribution < 1.29 is 75.7 Å². The van der Waals surface area contributed by atoms with E-state index >= 15 is 0 Å². The normalized spacial score (nSPS) is 16.6. The van der Waals surface area contributed by atoms with Crippen molar-refractivity contribution in [3.8, 4) is 0 Å². The van der Waals surface area contributed by atoms with Gasteiger partial charge in [0, 0.05) is 0 Å². The van der Waals surface area contributed by atoms with E-state index in [2.05, 4.69) is 46.6 Å². The van der Waals surface area contributed by atoms with Crippen molar-refractivity contribution in [3.05, 3.63) is 58.1 Å². The van der Waals surface area contributed by atoms with Gasteiger partial charge in [-0.2, -0.15) is 0 Å². The maximum absolute atomic E-state index is 13.6. The van der Waals surface area contributed by atoms with Crippen LogP contribution in [0.4, 0.5) is 17.6 Å². The summed E-state index contributed by atoms with van der Waals surface area (Å²) in [6, 6.07) is 0. The largest absolute Gasteiger partial charge is 1.00 e. The number of allylic oxidation sites excluding steroid dienone is 7. The van der Waals surface area contributed by atoms with Crippen LogP contribution in [0, 0.1) is 17.8 Å². The van der Waals surface area contributed by atoms with Crippen LogP contribution in [-0.2, 0) is 12.6 Å². The van der Waals surface area contributed by atoms with Gasteiger partial charge in [0.1, 0.15) is 5.83 Å². The van der Waals surface area contributed by atoms with Crippen LogP contribution in [0.1, 0.15) is 86.5 Å². The van der Waals surface area contributed by atoms with Gasteiger partial charge in [-0.15, -0.1) is 11.5 Å². The summed E-state index contributed by atoms with van der Waals surface area (Å²) in [6.45, 7) is 18.6. The zero-order valence-corrected chi connectivity index (χ0v) is 26.7. The Hall–Kier alpha value is 0.445. The third-order valence-electron chi connectivity index (χ3n) is 5.70. The van der Waals surface area contributed by atoms with E-state index in [9.17, 15) is 17.6 Å². The molecule has 32 heavy (non-hydrogen) atoms. The summed E-state index contributed by atoms with van der Waals surface area (Å²) >= 11 is 4.48. The molecule has 0 aliphatic heterocycles. The molecule has 0 heterocycles. The summed E-state index contributed by atoms with van der Waals surface area (Å²) < 4.78 is 53.6. The minimum atomic E-state index is -1.06. The summed E-state index contributed by atoms with van der Waals surface area (Å²) in [5.74, 6) is -2.55. The van der Waals surface area contributed by atoms with Crippen molar-refractivity contribution in [2.75, 3.05) is 0 Å². The summed E-state index contributed by atoms with van der Waals surface area (Å²) in [6.07, 6.45) is 6.27. The number of unbranched alkanes of at least 4 members (excludes halogenated alkanes) is 1. The Balaban J connectivity index is 0. The number of hydrogen-bond donors (Lipinski definition) is 0. The van der Waals surface area contributed by atoms with E-state index in [-0.39, 0.29) is 80.5 Å². The maximum Gasteiger partial charge on any atom is 1.00 e. The molecule has 0 spiro atoms. The van der Waals surface area contributed by atoms with Crippen molar-refractivity contribution in [1.29, 1.82) is 0 Å². The Morgan fingerprint density at radius 2 is 1.50 bits per heavy atom. The van der Waals surface area contributed by atoms with Crippen molar-refractivity contribution >= 4 is 12.6 Å². The topological polar surface area (TPSA) is 0 Å². The molecule has 1 aliphatic rings. The fraction of sp³-hybridized carbons (Fsp3) is 0.615. The number of rotatable bonds is 10. The Morgan fingerprint density at radius 3 is 1.97 bits per heavy atom. The molecule has 0 bridgehead atoms.